The van der Waals surface area contributed by atoms with E-state index in [9.17, 15) is 4.79 Å². The van der Waals surface area contributed by atoms with Crippen LogP contribution in [0.25, 0.3) is 5.65 Å². The number of carbonyl (C=O) groups excluding carboxylic acids is 1. The number of pyridine rings is 1. The molecule has 0 radical (unpaired) electrons. The summed E-state index contributed by atoms with van der Waals surface area (Å²) in [7, 11) is 0. The van der Waals surface area contributed by atoms with Crippen LogP contribution in [0, 0.1) is 11.3 Å². The number of rotatable bonds is 4. The van der Waals surface area contributed by atoms with Crippen LogP contribution in [-0.2, 0) is 4.79 Å². The first-order chi connectivity index (χ1) is 11.2. The lowest BCUT2D eigenvalue weighted by Gasteiger charge is -2.11. The lowest BCUT2D eigenvalue weighted by Crippen LogP contribution is -2.22. The fourth-order valence-electron chi connectivity index (χ4n) is 1.98. The van der Waals surface area contributed by atoms with Crippen molar-refractivity contribution in [3.8, 4) is 6.07 Å². The first kappa shape index (κ1) is 15.1. The molecule has 0 saturated heterocycles. The van der Waals surface area contributed by atoms with Crippen molar-refractivity contribution in [2.75, 3.05) is 5.32 Å². The number of anilines is 1. The van der Waals surface area contributed by atoms with E-state index >= 15 is 0 Å². The molecular weight excluding hydrogens is 310 g/mol. The predicted octanol–water partition coefficient (Wildman–Crippen LogP) is 2.72. The SMILES string of the molecule is C[C@@H](Sc1nnc2ccccn12)C(=O)Nc1ccc(C#N)cc1. The predicted molar refractivity (Wildman–Crippen MR) is 88.1 cm³/mol. The van der Waals surface area contributed by atoms with Crippen molar-refractivity contribution in [2.24, 2.45) is 0 Å². The quantitative estimate of drug-likeness (QED) is 0.746. The minimum absolute atomic E-state index is 0.132. The number of aromatic nitrogens is 3. The Kier molecular flexibility index (Phi) is 4.26. The van der Waals surface area contributed by atoms with Gasteiger partial charge in [0, 0.05) is 11.9 Å². The average Bonchev–Trinajstić information content (AvgIpc) is 2.98. The van der Waals surface area contributed by atoms with E-state index in [2.05, 4.69) is 15.5 Å². The maximum atomic E-state index is 12.3. The standard InChI is InChI=1S/C16H13N5OS/c1-11(15(22)18-13-7-5-12(10-17)6-8-13)23-16-20-19-14-4-2-3-9-21(14)16/h2-9,11H,1H3,(H,18,22)/t11-/m1/s1. The average molecular weight is 323 g/mol. The fourth-order valence-corrected chi connectivity index (χ4v) is 2.82. The monoisotopic (exact) mass is 323 g/mol. The highest BCUT2D eigenvalue weighted by atomic mass is 32.2. The van der Waals surface area contributed by atoms with Crippen molar-refractivity contribution in [3.05, 3.63) is 54.2 Å². The van der Waals surface area contributed by atoms with Crippen LogP contribution in [0.3, 0.4) is 0 Å². The highest BCUT2D eigenvalue weighted by Crippen LogP contribution is 2.23. The number of hydrogen-bond donors (Lipinski definition) is 1. The van der Waals surface area contributed by atoms with Gasteiger partial charge in [-0.1, -0.05) is 17.8 Å². The Hall–Kier alpha value is -2.85. The highest BCUT2D eigenvalue weighted by Gasteiger charge is 2.18. The maximum absolute atomic E-state index is 12.3. The van der Waals surface area contributed by atoms with Gasteiger partial charge in [-0.15, -0.1) is 10.2 Å². The fraction of sp³-hybridized carbons (Fsp3) is 0.125. The molecule has 114 valence electrons. The number of fused-ring (bicyclic) bond motifs is 1. The molecule has 1 aromatic carbocycles. The third-order valence-electron chi connectivity index (χ3n) is 3.22. The molecule has 0 unspecified atom stereocenters. The molecule has 6 nitrogen and oxygen atoms in total. The van der Waals surface area contributed by atoms with Gasteiger partial charge in [0.15, 0.2) is 10.8 Å². The van der Waals surface area contributed by atoms with E-state index in [1.54, 1.807) is 24.3 Å². The van der Waals surface area contributed by atoms with E-state index in [0.717, 1.165) is 5.65 Å². The number of hydrogen-bond acceptors (Lipinski definition) is 5. The molecule has 0 saturated carbocycles. The number of nitriles is 1. The number of benzene rings is 1. The van der Waals surface area contributed by atoms with E-state index < -0.39 is 0 Å². The Morgan fingerprint density at radius 1 is 1.26 bits per heavy atom. The second kappa shape index (κ2) is 6.50. The van der Waals surface area contributed by atoms with Crippen LogP contribution in [0.5, 0.6) is 0 Å². The largest absolute Gasteiger partial charge is 0.325 e. The second-order valence-electron chi connectivity index (χ2n) is 4.85. The van der Waals surface area contributed by atoms with Gasteiger partial charge in [-0.3, -0.25) is 9.20 Å². The summed E-state index contributed by atoms with van der Waals surface area (Å²) in [5, 5.41) is 20.1. The van der Waals surface area contributed by atoms with Gasteiger partial charge in [-0.25, -0.2) is 0 Å². The number of thioether (sulfide) groups is 1. The first-order valence-electron chi connectivity index (χ1n) is 6.95. The zero-order valence-electron chi connectivity index (χ0n) is 12.3. The van der Waals surface area contributed by atoms with Crippen LogP contribution in [0.15, 0.2) is 53.8 Å². The van der Waals surface area contributed by atoms with Crippen LogP contribution in [-0.4, -0.2) is 25.8 Å². The number of amides is 1. The van der Waals surface area contributed by atoms with Gasteiger partial charge in [0.2, 0.25) is 5.91 Å². The molecule has 23 heavy (non-hydrogen) atoms. The van der Waals surface area contributed by atoms with Gasteiger partial charge in [-0.2, -0.15) is 5.26 Å². The Bertz CT molecular complexity index is 881. The molecule has 1 N–H and O–H groups in total. The van der Waals surface area contributed by atoms with Gasteiger partial charge in [-0.05, 0) is 43.3 Å². The molecule has 1 atom stereocenters. The molecule has 1 amide bonds. The summed E-state index contributed by atoms with van der Waals surface area (Å²) < 4.78 is 1.84. The molecule has 2 heterocycles. The summed E-state index contributed by atoms with van der Waals surface area (Å²) in [6.07, 6.45) is 1.86. The van der Waals surface area contributed by atoms with Crippen molar-refractivity contribution < 1.29 is 4.79 Å². The van der Waals surface area contributed by atoms with Crippen LogP contribution in [0.4, 0.5) is 5.69 Å². The van der Waals surface area contributed by atoms with Crippen molar-refractivity contribution in [3.63, 3.8) is 0 Å². The van der Waals surface area contributed by atoms with Gasteiger partial charge in [0.25, 0.3) is 0 Å². The van der Waals surface area contributed by atoms with Gasteiger partial charge in [0.1, 0.15) is 0 Å². The van der Waals surface area contributed by atoms with Crippen molar-refractivity contribution >= 4 is 29.0 Å². The summed E-state index contributed by atoms with van der Waals surface area (Å²) in [4.78, 5) is 12.3. The summed E-state index contributed by atoms with van der Waals surface area (Å²) in [6.45, 7) is 1.81. The lowest BCUT2D eigenvalue weighted by molar-refractivity contribution is -0.115. The van der Waals surface area contributed by atoms with Gasteiger partial charge < -0.3 is 5.32 Å². The Morgan fingerprint density at radius 3 is 2.78 bits per heavy atom. The van der Waals surface area contributed by atoms with Crippen molar-refractivity contribution in [2.45, 2.75) is 17.3 Å². The zero-order valence-corrected chi connectivity index (χ0v) is 13.1. The van der Waals surface area contributed by atoms with Gasteiger partial charge in [0.05, 0.1) is 16.9 Å². The first-order valence-corrected chi connectivity index (χ1v) is 7.83. The summed E-state index contributed by atoms with van der Waals surface area (Å²) in [5.41, 5.74) is 1.96. The molecule has 7 heteroatoms. The lowest BCUT2D eigenvalue weighted by atomic mass is 10.2. The number of nitrogens with one attached hydrogen (secondary N) is 1. The Balaban J connectivity index is 1.68. The molecule has 0 fully saturated rings. The van der Waals surface area contributed by atoms with Crippen LogP contribution in [0.2, 0.25) is 0 Å². The highest BCUT2D eigenvalue weighted by molar-refractivity contribution is 8.00. The minimum atomic E-state index is -0.335. The molecule has 0 spiro atoms. The molecule has 0 aliphatic heterocycles. The maximum Gasteiger partial charge on any atom is 0.237 e. The van der Waals surface area contributed by atoms with Crippen LogP contribution in [0.1, 0.15) is 12.5 Å². The normalized spacial score (nSPS) is 11.8. The topological polar surface area (TPSA) is 83.1 Å². The Morgan fingerprint density at radius 2 is 2.04 bits per heavy atom. The minimum Gasteiger partial charge on any atom is -0.325 e. The van der Waals surface area contributed by atoms with E-state index in [1.165, 1.54) is 11.8 Å². The molecule has 2 aromatic heterocycles. The molecular formula is C16H13N5OS. The third kappa shape index (κ3) is 3.33. The summed E-state index contributed by atoms with van der Waals surface area (Å²) in [6, 6.07) is 14.4. The molecule has 0 aliphatic rings. The molecule has 0 aliphatic carbocycles. The summed E-state index contributed by atoms with van der Waals surface area (Å²) >= 11 is 1.34. The number of carbonyl (C=O) groups is 1. The summed E-state index contributed by atoms with van der Waals surface area (Å²) in [5.74, 6) is -0.132. The Labute approximate surface area is 137 Å². The molecule has 0 bridgehead atoms. The van der Waals surface area contributed by atoms with E-state index in [4.69, 9.17) is 5.26 Å². The second-order valence-corrected chi connectivity index (χ2v) is 6.16. The van der Waals surface area contributed by atoms with Crippen molar-refractivity contribution in [1.82, 2.24) is 14.6 Å². The third-order valence-corrected chi connectivity index (χ3v) is 4.27. The molecule has 3 aromatic rings. The van der Waals surface area contributed by atoms with Crippen LogP contribution < -0.4 is 5.32 Å². The van der Waals surface area contributed by atoms with E-state index in [0.29, 0.717) is 16.4 Å². The van der Waals surface area contributed by atoms with Crippen LogP contribution >= 0.6 is 11.8 Å². The smallest absolute Gasteiger partial charge is 0.237 e. The number of nitrogens with zero attached hydrogens (tertiary/aromatic N) is 4. The van der Waals surface area contributed by atoms with Crippen molar-refractivity contribution in [1.29, 1.82) is 5.26 Å². The zero-order chi connectivity index (χ0) is 16.2. The molecule has 3 rings (SSSR count). The van der Waals surface area contributed by atoms with E-state index in [-0.39, 0.29) is 11.2 Å². The van der Waals surface area contributed by atoms with Gasteiger partial charge >= 0.3 is 0 Å². The van der Waals surface area contributed by atoms with E-state index in [1.807, 2.05) is 41.8 Å².